The first kappa shape index (κ1) is 29.8. The molecule has 14 heteroatoms. The molecule has 14 nitrogen and oxygen atoms in total. The largest absolute Gasteiger partial charge is 0.481 e. The van der Waals surface area contributed by atoms with E-state index < -0.39 is 73.4 Å². The molecule has 1 rings (SSSR count). The van der Waals surface area contributed by atoms with Gasteiger partial charge in [0.2, 0.25) is 23.6 Å². The topological polar surface area (TPSA) is 228 Å². The van der Waals surface area contributed by atoms with Crippen LogP contribution in [0.5, 0.6) is 0 Å². The van der Waals surface area contributed by atoms with Crippen LogP contribution in [0.4, 0.5) is 0 Å². The molecule has 1 saturated heterocycles. The third-order valence-corrected chi connectivity index (χ3v) is 5.40. The standard InChI is InChI=1S/C21H35N5O9/c1-11(2)8-12(22)20(33)26-7-3-4-15(26)19(32)25-14(10-27)18(31)23-9-16(28)24-13(21(34)35)5-6-17(29)30/h11-15,27H,3-10,22H2,1-2H3,(H,23,31)(H,24,28)(H,25,32)(H,29,30)(H,34,35)/t12-,13-,14-,15-/m0/s1. The lowest BCUT2D eigenvalue weighted by molar-refractivity contribution is -0.143. The molecule has 0 spiro atoms. The second kappa shape index (κ2) is 14.2. The number of hydrogen-bond donors (Lipinski definition) is 7. The van der Waals surface area contributed by atoms with Crippen LogP contribution >= 0.6 is 0 Å². The van der Waals surface area contributed by atoms with Crippen LogP contribution in [0, 0.1) is 5.92 Å². The fourth-order valence-corrected chi connectivity index (χ4v) is 3.65. The van der Waals surface area contributed by atoms with Gasteiger partial charge in [-0.2, -0.15) is 0 Å². The van der Waals surface area contributed by atoms with Gasteiger partial charge in [0.15, 0.2) is 0 Å². The van der Waals surface area contributed by atoms with Crippen LogP contribution in [0.2, 0.25) is 0 Å². The molecular weight excluding hydrogens is 466 g/mol. The maximum atomic E-state index is 12.7. The first-order chi connectivity index (χ1) is 16.4. The first-order valence-corrected chi connectivity index (χ1v) is 11.4. The van der Waals surface area contributed by atoms with Gasteiger partial charge in [-0.15, -0.1) is 0 Å². The number of nitrogens with two attached hydrogens (primary N) is 1. The van der Waals surface area contributed by atoms with E-state index >= 15 is 0 Å². The van der Waals surface area contributed by atoms with E-state index in [-0.39, 0.29) is 18.2 Å². The zero-order valence-corrected chi connectivity index (χ0v) is 19.9. The van der Waals surface area contributed by atoms with Gasteiger partial charge < -0.3 is 41.9 Å². The molecule has 4 amide bonds. The lowest BCUT2D eigenvalue weighted by atomic mass is 10.0. The number of carbonyl (C=O) groups excluding carboxylic acids is 4. The SMILES string of the molecule is CC(C)C[C@H](N)C(=O)N1CCC[C@H]1C(=O)N[C@@H](CO)C(=O)NCC(=O)N[C@@H](CCC(=O)O)C(=O)O. The van der Waals surface area contributed by atoms with E-state index in [2.05, 4.69) is 16.0 Å². The average Bonchev–Trinajstić information content (AvgIpc) is 3.27. The number of rotatable bonds is 14. The second-order valence-electron chi connectivity index (χ2n) is 8.78. The van der Waals surface area contributed by atoms with Crippen molar-refractivity contribution in [3.8, 4) is 0 Å². The van der Waals surface area contributed by atoms with Crippen LogP contribution in [0.1, 0.15) is 46.0 Å². The van der Waals surface area contributed by atoms with Crippen LogP contribution < -0.4 is 21.7 Å². The van der Waals surface area contributed by atoms with E-state index in [0.29, 0.717) is 25.8 Å². The van der Waals surface area contributed by atoms with E-state index in [1.54, 1.807) is 0 Å². The predicted octanol–water partition coefficient (Wildman–Crippen LogP) is -2.62. The molecule has 1 aliphatic heterocycles. The van der Waals surface area contributed by atoms with Gasteiger partial charge in [-0.1, -0.05) is 13.8 Å². The van der Waals surface area contributed by atoms with Crippen LogP contribution in [0.15, 0.2) is 0 Å². The van der Waals surface area contributed by atoms with Gasteiger partial charge in [0, 0.05) is 13.0 Å². The molecule has 8 N–H and O–H groups in total. The van der Waals surface area contributed by atoms with Crippen molar-refractivity contribution in [1.29, 1.82) is 0 Å². The molecule has 1 heterocycles. The van der Waals surface area contributed by atoms with Crippen molar-refractivity contribution in [3.05, 3.63) is 0 Å². The lowest BCUT2D eigenvalue weighted by Crippen LogP contribution is -2.57. The monoisotopic (exact) mass is 501 g/mol. The van der Waals surface area contributed by atoms with Crippen LogP contribution in [0.3, 0.4) is 0 Å². The van der Waals surface area contributed by atoms with Crippen LogP contribution in [-0.4, -0.2) is 99.7 Å². The van der Waals surface area contributed by atoms with Gasteiger partial charge in [0.05, 0.1) is 19.2 Å². The van der Waals surface area contributed by atoms with Gasteiger partial charge in [-0.05, 0) is 31.6 Å². The number of carboxylic acid groups (broad SMARTS) is 2. The summed E-state index contributed by atoms with van der Waals surface area (Å²) in [5, 5.41) is 33.9. The summed E-state index contributed by atoms with van der Waals surface area (Å²) in [7, 11) is 0. The maximum absolute atomic E-state index is 12.7. The molecule has 0 aliphatic carbocycles. The zero-order valence-electron chi connectivity index (χ0n) is 19.9. The fraction of sp³-hybridized carbons (Fsp3) is 0.714. The number of nitrogens with one attached hydrogen (secondary N) is 3. The van der Waals surface area contributed by atoms with Gasteiger partial charge in [-0.25, -0.2) is 4.79 Å². The highest BCUT2D eigenvalue weighted by molar-refractivity contribution is 5.94. The molecule has 0 aromatic rings. The number of carboxylic acids is 2. The van der Waals surface area contributed by atoms with E-state index in [9.17, 15) is 33.9 Å². The minimum absolute atomic E-state index is 0.187. The fourth-order valence-electron chi connectivity index (χ4n) is 3.65. The summed E-state index contributed by atoms with van der Waals surface area (Å²) in [6.45, 7) is 2.72. The average molecular weight is 502 g/mol. The Kier molecular flexibility index (Phi) is 12.1. The second-order valence-corrected chi connectivity index (χ2v) is 8.78. The van der Waals surface area contributed by atoms with E-state index in [1.807, 2.05) is 13.8 Å². The Labute approximate surface area is 202 Å². The molecule has 0 unspecified atom stereocenters. The van der Waals surface area contributed by atoms with Gasteiger partial charge in [-0.3, -0.25) is 24.0 Å². The Hall–Kier alpha value is -3.26. The molecule has 1 fully saturated rings. The molecule has 0 aromatic carbocycles. The van der Waals surface area contributed by atoms with Crippen molar-refractivity contribution >= 4 is 35.6 Å². The van der Waals surface area contributed by atoms with Crippen molar-refractivity contribution in [2.45, 2.75) is 70.1 Å². The molecule has 0 radical (unpaired) electrons. The highest BCUT2D eigenvalue weighted by Crippen LogP contribution is 2.20. The van der Waals surface area contributed by atoms with Crippen molar-refractivity contribution in [2.75, 3.05) is 19.7 Å². The van der Waals surface area contributed by atoms with Gasteiger partial charge in [0.1, 0.15) is 18.1 Å². The molecule has 4 atom stereocenters. The zero-order chi connectivity index (χ0) is 26.7. The number of amides is 4. The van der Waals surface area contributed by atoms with Crippen molar-refractivity contribution in [1.82, 2.24) is 20.9 Å². The summed E-state index contributed by atoms with van der Waals surface area (Å²) >= 11 is 0. The third kappa shape index (κ3) is 9.86. The minimum atomic E-state index is -1.46. The number of aliphatic carboxylic acids is 2. The van der Waals surface area contributed by atoms with Crippen molar-refractivity contribution in [2.24, 2.45) is 11.7 Å². The molecular formula is C21H35N5O9. The summed E-state index contributed by atoms with van der Waals surface area (Å²) < 4.78 is 0. The Morgan fingerprint density at radius 3 is 2.26 bits per heavy atom. The Morgan fingerprint density at radius 1 is 1.06 bits per heavy atom. The summed E-state index contributed by atoms with van der Waals surface area (Å²) in [4.78, 5) is 72.8. The Balaban J connectivity index is 2.64. The number of carbonyl (C=O) groups is 6. The summed E-state index contributed by atoms with van der Waals surface area (Å²) in [6.07, 6.45) is 0.552. The molecule has 198 valence electrons. The quantitative estimate of drug-likeness (QED) is 0.131. The Bertz CT molecular complexity index is 804. The molecule has 0 saturated carbocycles. The van der Waals surface area contributed by atoms with Gasteiger partial charge >= 0.3 is 11.9 Å². The predicted molar refractivity (Wildman–Crippen MR) is 121 cm³/mol. The third-order valence-electron chi connectivity index (χ3n) is 5.40. The number of aliphatic hydroxyl groups is 1. The first-order valence-electron chi connectivity index (χ1n) is 11.4. The maximum Gasteiger partial charge on any atom is 0.326 e. The van der Waals surface area contributed by atoms with E-state index in [0.717, 1.165) is 0 Å². The summed E-state index contributed by atoms with van der Waals surface area (Å²) in [5.41, 5.74) is 5.96. The normalized spacial score (nSPS) is 17.9. The van der Waals surface area contributed by atoms with Gasteiger partial charge in [0.25, 0.3) is 0 Å². The lowest BCUT2D eigenvalue weighted by Gasteiger charge is -2.28. The molecule has 35 heavy (non-hydrogen) atoms. The van der Waals surface area contributed by atoms with E-state index in [4.69, 9.17) is 15.9 Å². The number of nitrogens with zero attached hydrogens (tertiary/aromatic N) is 1. The number of hydrogen-bond acceptors (Lipinski definition) is 8. The number of aliphatic hydroxyl groups excluding tert-OH is 1. The van der Waals surface area contributed by atoms with E-state index in [1.165, 1.54) is 4.90 Å². The van der Waals surface area contributed by atoms with Crippen LogP contribution in [0.25, 0.3) is 0 Å². The van der Waals surface area contributed by atoms with Crippen LogP contribution in [-0.2, 0) is 28.8 Å². The molecule has 1 aliphatic rings. The summed E-state index contributed by atoms with van der Waals surface area (Å²) in [6, 6.07) is -4.49. The Morgan fingerprint density at radius 2 is 1.71 bits per heavy atom. The minimum Gasteiger partial charge on any atom is -0.481 e. The highest BCUT2D eigenvalue weighted by Gasteiger charge is 2.37. The summed E-state index contributed by atoms with van der Waals surface area (Å²) in [5.74, 6) is -5.29. The highest BCUT2D eigenvalue weighted by atomic mass is 16.4. The smallest absolute Gasteiger partial charge is 0.326 e. The molecule has 0 bridgehead atoms. The number of likely N-dealkylation sites (tertiary alicyclic amines) is 1. The molecule has 0 aromatic heterocycles. The van der Waals surface area contributed by atoms with Crippen molar-refractivity contribution < 1.29 is 44.1 Å². The van der Waals surface area contributed by atoms with Crippen molar-refractivity contribution in [3.63, 3.8) is 0 Å².